The number of benzene rings is 2. The molecule has 1 fully saturated rings. The van der Waals surface area contributed by atoms with Crippen LogP contribution in [0.25, 0.3) is 22.2 Å². The molecule has 0 atom stereocenters. The Labute approximate surface area is 153 Å². The monoisotopic (exact) mass is 348 g/mol. The number of H-pyrrole nitrogens is 1. The minimum Gasteiger partial charge on any atom is -0.480 e. The first-order valence-corrected chi connectivity index (χ1v) is 9.17. The van der Waals surface area contributed by atoms with Crippen LogP contribution in [0.15, 0.2) is 48.5 Å². The zero-order valence-electron chi connectivity index (χ0n) is 15.0. The smallest absolute Gasteiger partial charge is 0.323 e. The van der Waals surface area contributed by atoms with E-state index in [1.165, 1.54) is 27.6 Å². The fourth-order valence-electron chi connectivity index (χ4n) is 4.18. The summed E-state index contributed by atoms with van der Waals surface area (Å²) >= 11 is 0. The predicted octanol–water partition coefficient (Wildman–Crippen LogP) is 4.58. The molecule has 0 aliphatic heterocycles. The second-order valence-corrected chi connectivity index (χ2v) is 7.60. The van der Waals surface area contributed by atoms with Crippen LogP contribution in [0.2, 0.25) is 0 Å². The largest absolute Gasteiger partial charge is 0.480 e. The lowest BCUT2D eigenvalue weighted by atomic mass is 9.74. The van der Waals surface area contributed by atoms with E-state index < -0.39 is 11.5 Å². The van der Waals surface area contributed by atoms with E-state index in [9.17, 15) is 9.90 Å². The van der Waals surface area contributed by atoms with Gasteiger partial charge in [0.25, 0.3) is 0 Å². The van der Waals surface area contributed by atoms with Gasteiger partial charge in [0.15, 0.2) is 0 Å². The lowest BCUT2D eigenvalue weighted by Gasteiger charge is -2.34. The minimum atomic E-state index is -1.07. The highest BCUT2D eigenvalue weighted by atomic mass is 16.4. The molecule has 4 rings (SSSR count). The highest BCUT2D eigenvalue weighted by Gasteiger charge is 2.39. The molecule has 0 unspecified atom stereocenters. The van der Waals surface area contributed by atoms with E-state index in [2.05, 4.69) is 42.2 Å². The first-order chi connectivity index (χ1) is 12.5. The fourth-order valence-corrected chi connectivity index (χ4v) is 4.18. The third kappa shape index (κ3) is 2.90. The standard InChI is InChI=1S/C22H24N2O2/c1-14-11-17-13-19(16-5-3-2-4-6-16)24-20(17)18(12-14)15-7-9-22(23,10-8-15)21(25)26/h2-6,11-13,15,24H,7-10,23H2,1H3,(H,25,26). The second-order valence-electron chi connectivity index (χ2n) is 7.60. The summed E-state index contributed by atoms with van der Waals surface area (Å²) in [6.07, 6.45) is 2.66. The van der Waals surface area contributed by atoms with Crippen molar-refractivity contribution in [3.8, 4) is 11.3 Å². The molecule has 26 heavy (non-hydrogen) atoms. The van der Waals surface area contributed by atoms with Gasteiger partial charge in [0.2, 0.25) is 0 Å². The van der Waals surface area contributed by atoms with Crippen LogP contribution in [-0.2, 0) is 4.79 Å². The lowest BCUT2D eigenvalue weighted by Crippen LogP contribution is -2.50. The molecule has 1 aliphatic carbocycles. The van der Waals surface area contributed by atoms with Gasteiger partial charge in [0.1, 0.15) is 5.54 Å². The van der Waals surface area contributed by atoms with Crippen LogP contribution in [0, 0.1) is 6.92 Å². The number of hydrogen-bond acceptors (Lipinski definition) is 2. The lowest BCUT2D eigenvalue weighted by molar-refractivity contribution is -0.144. The van der Waals surface area contributed by atoms with Gasteiger partial charge in [-0.3, -0.25) is 4.79 Å². The van der Waals surface area contributed by atoms with E-state index in [0.29, 0.717) is 18.8 Å². The Morgan fingerprint density at radius 1 is 1.15 bits per heavy atom. The van der Waals surface area contributed by atoms with Gasteiger partial charge in [0, 0.05) is 16.6 Å². The normalized spacial score (nSPS) is 23.2. The van der Waals surface area contributed by atoms with Gasteiger partial charge in [-0.05, 0) is 61.8 Å². The summed E-state index contributed by atoms with van der Waals surface area (Å²) in [7, 11) is 0. The van der Waals surface area contributed by atoms with Gasteiger partial charge in [0.05, 0.1) is 0 Å². The van der Waals surface area contributed by atoms with E-state index in [4.69, 9.17) is 5.73 Å². The van der Waals surface area contributed by atoms with Crippen molar-refractivity contribution in [3.05, 3.63) is 59.7 Å². The van der Waals surface area contributed by atoms with Crippen molar-refractivity contribution in [2.24, 2.45) is 5.73 Å². The quantitative estimate of drug-likeness (QED) is 0.648. The molecule has 2 aromatic carbocycles. The van der Waals surface area contributed by atoms with Crippen molar-refractivity contribution >= 4 is 16.9 Å². The molecule has 1 aromatic heterocycles. The molecule has 1 aliphatic rings. The summed E-state index contributed by atoms with van der Waals surface area (Å²) < 4.78 is 0. The molecule has 4 heteroatoms. The highest BCUT2D eigenvalue weighted by molar-refractivity contribution is 5.89. The Morgan fingerprint density at radius 2 is 1.85 bits per heavy atom. The van der Waals surface area contributed by atoms with Crippen molar-refractivity contribution < 1.29 is 9.90 Å². The van der Waals surface area contributed by atoms with Gasteiger partial charge >= 0.3 is 5.97 Å². The third-order valence-electron chi connectivity index (χ3n) is 5.73. The first kappa shape index (κ1) is 16.9. The molecule has 0 radical (unpaired) electrons. The van der Waals surface area contributed by atoms with Gasteiger partial charge in [-0.2, -0.15) is 0 Å². The molecule has 1 saturated carbocycles. The topological polar surface area (TPSA) is 79.1 Å². The zero-order valence-corrected chi connectivity index (χ0v) is 15.0. The zero-order chi connectivity index (χ0) is 18.3. The second kappa shape index (κ2) is 6.29. The SMILES string of the molecule is Cc1cc(C2CCC(N)(C(=O)O)CC2)c2[nH]c(-c3ccccc3)cc2c1. The number of carboxylic acid groups (broad SMARTS) is 1. The Balaban J connectivity index is 1.72. The van der Waals surface area contributed by atoms with E-state index in [1.54, 1.807) is 0 Å². The van der Waals surface area contributed by atoms with E-state index in [1.807, 2.05) is 18.2 Å². The maximum Gasteiger partial charge on any atom is 0.323 e. The minimum absolute atomic E-state index is 0.343. The van der Waals surface area contributed by atoms with Gasteiger partial charge in [-0.15, -0.1) is 0 Å². The van der Waals surface area contributed by atoms with Crippen LogP contribution < -0.4 is 5.73 Å². The van der Waals surface area contributed by atoms with Crippen molar-refractivity contribution in [2.45, 2.75) is 44.1 Å². The van der Waals surface area contributed by atoms with Gasteiger partial charge in [-0.25, -0.2) is 0 Å². The summed E-state index contributed by atoms with van der Waals surface area (Å²) in [6, 6.07) is 17.0. The number of rotatable bonds is 3. The van der Waals surface area contributed by atoms with Crippen LogP contribution in [-0.4, -0.2) is 21.6 Å². The molecule has 4 nitrogen and oxygen atoms in total. The summed E-state index contributed by atoms with van der Waals surface area (Å²) in [5.41, 5.74) is 11.0. The molecular formula is C22H24N2O2. The van der Waals surface area contributed by atoms with Crippen LogP contribution in [0.4, 0.5) is 0 Å². The number of hydrogen-bond donors (Lipinski definition) is 3. The van der Waals surface area contributed by atoms with Crippen LogP contribution in [0.1, 0.15) is 42.7 Å². The summed E-state index contributed by atoms with van der Waals surface area (Å²) in [6.45, 7) is 2.12. The Bertz CT molecular complexity index is 951. The number of carboxylic acids is 1. The number of nitrogens with two attached hydrogens (primary N) is 1. The molecule has 0 spiro atoms. The van der Waals surface area contributed by atoms with E-state index >= 15 is 0 Å². The first-order valence-electron chi connectivity index (χ1n) is 9.17. The van der Waals surface area contributed by atoms with Gasteiger partial charge < -0.3 is 15.8 Å². The fraction of sp³-hybridized carbons (Fsp3) is 0.318. The van der Waals surface area contributed by atoms with Crippen molar-refractivity contribution in [2.75, 3.05) is 0 Å². The Morgan fingerprint density at radius 3 is 2.50 bits per heavy atom. The molecule has 3 aromatic rings. The molecule has 0 bridgehead atoms. The van der Waals surface area contributed by atoms with E-state index in [-0.39, 0.29) is 0 Å². The van der Waals surface area contributed by atoms with Crippen molar-refractivity contribution in [1.82, 2.24) is 4.98 Å². The predicted molar refractivity (Wildman–Crippen MR) is 104 cm³/mol. The molecular weight excluding hydrogens is 324 g/mol. The molecule has 134 valence electrons. The van der Waals surface area contributed by atoms with Crippen LogP contribution in [0.3, 0.4) is 0 Å². The Hall–Kier alpha value is -2.59. The number of aromatic nitrogens is 1. The number of aryl methyl sites for hydroxylation is 1. The number of aliphatic carboxylic acids is 1. The summed E-state index contributed by atoms with van der Waals surface area (Å²) in [5, 5.41) is 10.6. The number of aromatic amines is 1. The third-order valence-corrected chi connectivity index (χ3v) is 5.73. The van der Waals surface area contributed by atoms with Crippen molar-refractivity contribution in [3.63, 3.8) is 0 Å². The number of fused-ring (bicyclic) bond motifs is 1. The summed E-state index contributed by atoms with van der Waals surface area (Å²) in [5.74, 6) is -0.535. The average Bonchev–Trinajstić information content (AvgIpc) is 3.06. The molecule has 4 N–H and O–H groups in total. The highest BCUT2D eigenvalue weighted by Crippen LogP contribution is 2.40. The van der Waals surface area contributed by atoms with Crippen molar-refractivity contribution in [1.29, 1.82) is 0 Å². The van der Waals surface area contributed by atoms with E-state index in [0.717, 1.165) is 18.5 Å². The molecule has 0 amide bonds. The van der Waals surface area contributed by atoms with Crippen LogP contribution >= 0.6 is 0 Å². The Kier molecular flexibility index (Phi) is 4.08. The molecule has 0 saturated heterocycles. The average molecular weight is 348 g/mol. The summed E-state index contributed by atoms with van der Waals surface area (Å²) in [4.78, 5) is 15.0. The maximum absolute atomic E-state index is 11.4. The van der Waals surface area contributed by atoms with Crippen LogP contribution in [0.5, 0.6) is 0 Å². The van der Waals surface area contributed by atoms with Gasteiger partial charge in [-0.1, -0.05) is 42.0 Å². The number of carbonyl (C=O) groups is 1. The maximum atomic E-state index is 11.4. The molecule has 1 heterocycles. The number of nitrogens with one attached hydrogen (secondary N) is 1.